The lowest BCUT2D eigenvalue weighted by Crippen LogP contribution is -3.14. The van der Waals surface area contributed by atoms with E-state index in [4.69, 9.17) is 0 Å². The van der Waals surface area contributed by atoms with E-state index >= 15 is 0 Å². The summed E-state index contributed by atoms with van der Waals surface area (Å²) in [6.07, 6.45) is 1.08. The molecule has 0 saturated carbocycles. The highest BCUT2D eigenvalue weighted by molar-refractivity contribution is 7.10. The minimum absolute atomic E-state index is 0.00445. The van der Waals surface area contributed by atoms with E-state index in [2.05, 4.69) is 73.1 Å². The van der Waals surface area contributed by atoms with Crippen molar-refractivity contribution in [3.63, 3.8) is 0 Å². The van der Waals surface area contributed by atoms with Crippen LogP contribution in [-0.4, -0.2) is 19.0 Å². The van der Waals surface area contributed by atoms with Crippen molar-refractivity contribution in [3.8, 4) is 0 Å². The molecule has 4 rings (SSSR count). The fraction of sp³-hybridized carbons (Fsp3) is 0.318. The molecule has 2 heterocycles. The van der Waals surface area contributed by atoms with Gasteiger partial charge in [0.25, 0.3) is 5.91 Å². The van der Waals surface area contributed by atoms with Crippen LogP contribution in [0.3, 0.4) is 0 Å². The molecule has 3 atom stereocenters. The Morgan fingerprint density at radius 1 is 1.23 bits per heavy atom. The van der Waals surface area contributed by atoms with Gasteiger partial charge in [-0.3, -0.25) is 4.79 Å². The number of carbonyl (C=O) groups is 1. The molecule has 1 aromatic heterocycles. The smallest absolute Gasteiger partial charge is 0.275 e. The first-order valence-electron chi connectivity index (χ1n) is 9.31. The van der Waals surface area contributed by atoms with Gasteiger partial charge in [0, 0.05) is 16.9 Å². The molecule has 1 aliphatic heterocycles. The second-order valence-corrected chi connectivity index (χ2v) is 8.21. The Balaban J connectivity index is 1.45. The molecule has 2 N–H and O–H groups in total. The summed E-state index contributed by atoms with van der Waals surface area (Å²) < 4.78 is 0. The standard InChI is InChI=1S/C22H24N2OS/c1-15(18-9-5-7-17-6-3-4-8-20(17)18)23-22(25)14-24-12-10-21-19(16(24)2)11-13-26-21/h3-9,11,13,15-16H,10,12,14H2,1-2H3,(H,23,25)/p+1/t15-,16-/m0/s1. The van der Waals surface area contributed by atoms with Crippen LogP contribution in [0.25, 0.3) is 10.8 Å². The van der Waals surface area contributed by atoms with Gasteiger partial charge in [0.05, 0.1) is 12.6 Å². The van der Waals surface area contributed by atoms with Gasteiger partial charge in [-0.1, -0.05) is 42.5 Å². The maximum Gasteiger partial charge on any atom is 0.275 e. The average molecular weight is 366 g/mol. The zero-order valence-corrected chi connectivity index (χ0v) is 16.1. The number of nitrogens with one attached hydrogen (secondary N) is 2. The molecule has 0 aliphatic carbocycles. The van der Waals surface area contributed by atoms with Crippen molar-refractivity contribution in [1.29, 1.82) is 0 Å². The van der Waals surface area contributed by atoms with Crippen LogP contribution in [-0.2, 0) is 11.2 Å². The Labute approximate surface area is 158 Å². The van der Waals surface area contributed by atoms with Crippen molar-refractivity contribution in [2.45, 2.75) is 32.4 Å². The molecule has 4 heteroatoms. The first-order chi connectivity index (χ1) is 12.6. The van der Waals surface area contributed by atoms with Crippen LogP contribution in [0.5, 0.6) is 0 Å². The lowest BCUT2D eigenvalue weighted by atomic mass is 9.99. The molecule has 2 aromatic carbocycles. The van der Waals surface area contributed by atoms with E-state index < -0.39 is 0 Å². The minimum atomic E-state index is 0.00445. The maximum absolute atomic E-state index is 12.7. The van der Waals surface area contributed by atoms with Crippen molar-refractivity contribution in [3.05, 3.63) is 69.9 Å². The molecule has 3 aromatic rings. The van der Waals surface area contributed by atoms with E-state index in [0.29, 0.717) is 12.6 Å². The normalized spacial score (nSPS) is 20.5. The summed E-state index contributed by atoms with van der Waals surface area (Å²) in [6.45, 7) is 5.88. The number of thiophene rings is 1. The van der Waals surface area contributed by atoms with E-state index in [0.717, 1.165) is 13.0 Å². The number of fused-ring (bicyclic) bond motifs is 2. The van der Waals surface area contributed by atoms with E-state index in [1.807, 2.05) is 11.3 Å². The number of rotatable bonds is 4. The molecule has 0 saturated heterocycles. The summed E-state index contributed by atoms with van der Waals surface area (Å²) in [6, 6.07) is 17.3. The number of benzene rings is 2. The molecule has 1 aliphatic rings. The Morgan fingerprint density at radius 2 is 2.04 bits per heavy atom. The van der Waals surface area contributed by atoms with Crippen molar-refractivity contribution in [2.75, 3.05) is 13.1 Å². The molecule has 0 spiro atoms. The monoisotopic (exact) mass is 365 g/mol. The number of amides is 1. The molecule has 0 fully saturated rings. The van der Waals surface area contributed by atoms with Gasteiger partial charge in [-0.25, -0.2) is 0 Å². The molecule has 134 valence electrons. The molecule has 0 radical (unpaired) electrons. The topological polar surface area (TPSA) is 33.5 Å². The summed E-state index contributed by atoms with van der Waals surface area (Å²) in [7, 11) is 0. The third-order valence-electron chi connectivity index (χ3n) is 5.59. The van der Waals surface area contributed by atoms with Gasteiger partial charge < -0.3 is 10.2 Å². The highest BCUT2D eigenvalue weighted by atomic mass is 32.1. The molecule has 1 amide bonds. The third-order valence-corrected chi connectivity index (χ3v) is 6.58. The molecule has 0 bridgehead atoms. The predicted octanol–water partition coefficient (Wildman–Crippen LogP) is 3.28. The Hall–Kier alpha value is -2.17. The second kappa shape index (κ2) is 7.22. The van der Waals surface area contributed by atoms with Crippen LogP contribution in [0.2, 0.25) is 0 Å². The quantitative estimate of drug-likeness (QED) is 0.731. The minimum Gasteiger partial charge on any atom is -0.345 e. The first kappa shape index (κ1) is 17.3. The van der Waals surface area contributed by atoms with Crippen LogP contribution in [0, 0.1) is 0 Å². The number of hydrogen-bond donors (Lipinski definition) is 2. The van der Waals surface area contributed by atoms with Crippen LogP contribution < -0.4 is 10.2 Å². The fourth-order valence-electron chi connectivity index (χ4n) is 4.10. The molecule has 1 unspecified atom stereocenters. The van der Waals surface area contributed by atoms with Gasteiger partial charge in [0.15, 0.2) is 6.54 Å². The summed E-state index contributed by atoms with van der Waals surface area (Å²) >= 11 is 1.85. The number of carbonyl (C=O) groups excluding carboxylic acids is 1. The van der Waals surface area contributed by atoms with Gasteiger partial charge >= 0.3 is 0 Å². The fourth-order valence-corrected chi connectivity index (χ4v) is 5.08. The summed E-state index contributed by atoms with van der Waals surface area (Å²) in [5.74, 6) is 0.131. The van der Waals surface area contributed by atoms with Crippen molar-refractivity contribution >= 4 is 28.0 Å². The van der Waals surface area contributed by atoms with Gasteiger partial charge in [0.2, 0.25) is 0 Å². The lowest BCUT2D eigenvalue weighted by Gasteiger charge is -2.30. The third kappa shape index (κ3) is 3.27. The molecule has 26 heavy (non-hydrogen) atoms. The van der Waals surface area contributed by atoms with E-state index in [1.54, 1.807) is 0 Å². The number of quaternary nitrogens is 1. The van der Waals surface area contributed by atoms with Gasteiger partial charge in [0.1, 0.15) is 6.04 Å². The second-order valence-electron chi connectivity index (χ2n) is 7.21. The van der Waals surface area contributed by atoms with Crippen molar-refractivity contribution < 1.29 is 9.69 Å². The largest absolute Gasteiger partial charge is 0.345 e. The molecular formula is C22H25N2OS+. The van der Waals surface area contributed by atoms with E-state index in [-0.39, 0.29) is 11.9 Å². The average Bonchev–Trinajstić information content (AvgIpc) is 3.13. The Kier molecular flexibility index (Phi) is 4.79. The van der Waals surface area contributed by atoms with E-state index in [1.165, 1.54) is 31.7 Å². The zero-order valence-electron chi connectivity index (χ0n) is 15.3. The SMILES string of the molecule is C[C@H](NC(=O)C[NH+]1CCc2sccc2[C@@H]1C)c1cccc2ccccc12. The number of hydrogen-bond acceptors (Lipinski definition) is 2. The van der Waals surface area contributed by atoms with Crippen LogP contribution in [0.15, 0.2) is 53.9 Å². The molecule has 3 nitrogen and oxygen atoms in total. The maximum atomic E-state index is 12.7. The Bertz CT molecular complexity index is 927. The molecular weight excluding hydrogens is 340 g/mol. The highest BCUT2D eigenvalue weighted by Gasteiger charge is 2.30. The van der Waals surface area contributed by atoms with Gasteiger partial charge in [-0.15, -0.1) is 11.3 Å². The summed E-state index contributed by atoms with van der Waals surface area (Å²) in [5.41, 5.74) is 2.60. The summed E-state index contributed by atoms with van der Waals surface area (Å²) in [5, 5.41) is 7.82. The first-order valence-corrected chi connectivity index (χ1v) is 10.2. The lowest BCUT2D eigenvalue weighted by molar-refractivity contribution is -0.924. The van der Waals surface area contributed by atoms with Gasteiger partial charge in [-0.2, -0.15) is 0 Å². The van der Waals surface area contributed by atoms with E-state index in [9.17, 15) is 4.79 Å². The highest BCUT2D eigenvalue weighted by Crippen LogP contribution is 2.25. The zero-order chi connectivity index (χ0) is 18.1. The Morgan fingerprint density at radius 3 is 2.92 bits per heavy atom. The van der Waals surface area contributed by atoms with Crippen LogP contribution in [0.1, 0.15) is 41.9 Å². The van der Waals surface area contributed by atoms with Gasteiger partial charge in [-0.05, 0) is 41.6 Å². The van der Waals surface area contributed by atoms with Crippen LogP contribution >= 0.6 is 11.3 Å². The van der Waals surface area contributed by atoms with Crippen molar-refractivity contribution in [1.82, 2.24) is 5.32 Å². The predicted molar refractivity (Wildman–Crippen MR) is 108 cm³/mol. The van der Waals surface area contributed by atoms with Crippen LogP contribution in [0.4, 0.5) is 0 Å². The summed E-state index contributed by atoms with van der Waals surface area (Å²) in [4.78, 5) is 15.5. The van der Waals surface area contributed by atoms with Crippen molar-refractivity contribution in [2.24, 2.45) is 0 Å².